The third-order valence-corrected chi connectivity index (χ3v) is 6.53. The number of hydrogen-bond donors (Lipinski definition) is 1. The van der Waals surface area contributed by atoms with Crippen molar-refractivity contribution in [3.05, 3.63) is 66.4 Å². The highest BCUT2D eigenvalue weighted by atomic mass is 79.9. The Morgan fingerprint density at radius 3 is 2.38 bits per heavy atom. The van der Waals surface area contributed by atoms with Crippen molar-refractivity contribution in [2.45, 2.75) is 6.54 Å². The first kappa shape index (κ1) is 19.1. The molecule has 0 saturated carbocycles. The molecule has 0 saturated heterocycles. The molecule has 0 bridgehead atoms. The average Bonchev–Trinajstić information content (AvgIpc) is 3.16. The first-order valence-corrected chi connectivity index (χ1v) is 9.28. The van der Waals surface area contributed by atoms with E-state index in [2.05, 4.69) is 42.3 Å². The van der Waals surface area contributed by atoms with Crippen LogP contribution in [-0.2, 0) is 6.54 Å². The first-order valence-electron chi connectivity index (χ1n) is 6.87. The van der Waals surface area contributed by atoms with E-state index in [0.29, 0.717) is 4.88 Å². The van der Waals surface area contributed by atoms with E-state index in [4.69, 9.17) is 0 Å². The van der Waals surface area contributed by atoms with Crippen molar-refractivity contribution in [3.8, 4) is 0 Å². The Kier molecular flexibility index (Phi) is 5.49. The molecule has 1 amide bonds. The number of carbonyl (C=O) groups is 1. The third-order valence-electron chi connectivity index (χ3n) is 3.27. The fourth-order valence-electron chi connectivity index (χ4n) is 2.08. The Bertz CT molecular complexity index is 959. The molecule has 1 N–H and O–H groups in total. The van der Waals surface area contributed by atoms with Crippen LogP contribution >= 0.6 is 43.2 Å². The van der Waals surface area contributed by atoms with Crippen molar-refractivity contribution < 1.29 is 22.4 Å². The molecule has 0 fully saturated rings. The van der Waals surface area contributed by atoms with Gasteiger partial charge in [0.25, 0.3) is 5.91 Å². The maximum absolute atomic E-state index is 13.7. The summed E-state index contributed by atoms with van der Waals surface area (Å²) in [7, 11) is 0. The fourth-order valence-corrected chi connectivity index (χ4v) is 4.01. The van der Waals surface area contributed by atoms with Crippen LogP contribution in [0.15, 0.2) is 32.7 Å². The number of nitrogens with one attached hydrogen (secondary N) is 1. The Hall–Kier alpha value is -1.72. The van der Waals surface area contributed by atoms with Crippen LogP contribution in [-0.4, -0.2) is 15.7 Å². The quantitative estimate of drug-likeness (QED) is 0.379. The molecule has 3 rings (SSSR count). The van der Waals surface area contributed by atoms with Crippen LogP contribution in [0.25, 0.3) is 0 Å². The van der Waals surface area contributed by atoms with Gasteiger partial charge >= 0.3 is 0 Å². The smallest absolute Gasteiger partial charge is 0.267 e. The molecule has 2 heterocycles. The highest BCUT2D eigenvalue weighted by Crippen LogP contribution is 2.32. The van der Waals surface area contributed by atoms with Crippen LogP contribution < -0.4 is 5.32 Å². The number of halogens is 6. The third kappa shape index (κ3) is 3.84. The SMILES string of the molecule is O=C(Nc1ccn(Cc2c(F)c(F)cc(F)c2F)n1)c1cc(Br)c(Br)s1. The van der Waals surface area contributed by atoms with E-state index in [0.717, 1.165) is 12.9 Å². The molecule has 4 nitrogen and oxygen atoms in total. The molecule has 0 radical (unpaired) electrons. The second-order valence-electron chi connectivity index (χ2n) is 5.03. The van der Waals surface area contributed by atoms with Crippen molar-refractivity contribution >= 4 is 54.9 Å². The van der Waals surface area contributed by atoms with Gasteiger partial charge < -0.3 is 5.32 Å². The number of rotatable bonds is 4. The minimum Gasteiger partial charge on any atom is -0.304 e. The molecular formula is C15H7Br2F4N3OS. The number of nitrogens with zero attached hydrogens (tertiary/aromatic N) is 2. The zero-order valence-corrected chi connectivity index (χ0v) is 16.5. The Labute approximate surface area is 165 Å². The van der Waals surface area contributed by atoms with Gasteiger partial charge in [0.1, 0.15) is 0 Å². The van der Waals surface area contributed by atoms with Crippen LogP contribution in [0.2, 0.25) is 0 Å². The molecule has 1 aromatic carbocycles. The van der Waals surface area contributed by atoms with E-state index in [1.54, 1.807) is 6.07 Å². The summed E-state index contributed by atoms with van der Waals surface area (Å²) in [6.07, 6.45) is 1.32. The standard InChI is InChI=1S/C15H7Br2F4N3OS/c16-7-3-10(26-14(7)17)15(25)22-11-1-2-24(23-11)5-6-12(20)8(18)4-9(19)13(6)21/h1-4H,5H2,(H,22,23,25). The summed E-state index contributed by atoms with van der Waals surface area (Å²) < 4.78 is 56.4. The van der Waals surface area contributed by atoms with Crippen LogP contribution in [0, 0.1) is 23.3 Å². The second-order valence-corrected chi connectivity index (χ2v) is 8.26. The summed E-state index contributed by atoms with van der Waals surface area (Å²) in [5, 5.41) is 6.45. The Morgan fingerprint density at radius 2 is 1.81 bits per heavy atom. The predicted molar refractivity (Wildman–Crippen MR) is 95.3 cm³/mol. The molecular weight excluding hydrogens is 506 g/mol. The molecule has 0 aliphatic rings. The number of amides is 1. The van der Waals surface area contributed by atoms with Gasteiger partial charge in [0.15, 0.2) is 29.1 Å². The maximum atomic E-state index is 13.7. The van der Waals surface area contributed by atoms with Gasteiger partial charge in [-0.2, -0.15) is 5.10 Å². The zero-order chi connectivity index (χ0) is 19.0. The number of benzene rings is 1. The lowest BCUT2D eigenvalue weighted by molar-refractivity contribution is 0.103. The Balaban J connectivity index is 1.78. The van der Waals surface area contributed by atoms with Crippen molar-refractivity contribution in [1.29, 1.82) is 0 Å². The molecule has 2 aromatic heterocycles. The summed E-state index contributed by atoms with van der Waals surface area (Å²) in [5.74, 6) is -6.27. The number of carbonyl (C=O) groups excluding carboxylic acids is 1. The van der Waals surface area contributed by atoms with Gasteiger partial charge in [-0.1, -0.05) is 0 Å². The molecule has 0 unspecified atom stereocenters. The molecule has 0 atom stereocenters. The van der Waals surface area contributed by atoms with Gasteiger partial charge in [-0.05, 0) is 37.9 Å². The summed E-state index contributed by atoms with van der Waals surface area (Å²) in [4.78, 5) is 12.5. The maximum Gasteiger partial charge on any atom is 0.267 e. The van der Waals surface area contributed by atoms with Gasteiger partial charge in [-0.3, -0.25) is 9.48 Å². The van der Waals surface area contributed by atoms with Gasteiger partial charge in [0.2, 0.25) is 0 Å². The monoisotopic (exact) mass is 511 g/mol. The fraction of sp³-hybridized carbons (Fsp3) is 0.0667. The van der Waals surface area contributed by atoms with E-state index in [1.807, 2.05) is 0 Å². The summed E-state index contributed by atoms with van der Waals surface area (Å²) >= 11 is 7.74. The topological polar surface area (TPSA) is 46.9 Å². The van der Waals surface area contributed by atoms with Crippen molar-refractivity contribution in [2.75, 3.05) is 5.32 Å². The molecule has 0 aliphatic heterocycles. The minimum absolute atomic E-state index is 0.119. The van der Waals surface area contributed by atoms with Gasteiger partial charge in [-0.15, -0.1) is 11.3 Å². The highest BCUT2D eigenvalue weighted by Gasteiger charge is 2.20. The Morgan fingerprint density at radius 1 is 1.15 bits per heavy atom. The van der Waals surface area contributed by atoms with Crippen LogP contribution in [0.3, 0.4) is 0 Å². The largest absolute Gasteiger partial charge is 0.304 e. The molecule has 11 heteroatoms. The normalized spacial score (nSPS) is 11.0. The molecule has 0 aliphatic carbocycles. The summed E-state index contributed by atoms with van der Waals surface area (Å²) in [6, 6.07) is 3.14. The van der Waals surface area contributed by atoms with Crippen LogP contribution in [0.1, 0.15) is 15.2 Å². The number of hydrogen-bond acceptors (Lipinski definition) is 3. The average molecular weight is 513 g/mol. The predicted octanol–water partition coefficient (Wildman–Crippen LogP) is 5.33. The van der Waals surface area contributed by atoms with Crippen LogP contribution in [0.5, 0.6) is 0 Å². The summed E-state index contributed by atoms with van der Waals surface area (Å²) in [6.45, 7) is -0.543. The number of aromatic nitrogens is 2. The molecule has 0 spiro atoms. The van der Waals surface area contributed by atoms with Gasteiger partial charge in [0.05, 0.1) is 20.8 Å². The van der Waals surface area contributed by atoms with E-state index in [1.165, 1.54) is 23.6 Å². The van der Waals surface area contributed by atoms with E-state index in [-0.39, 0.29) is 11.9 Å². The van der Waals surface area contributed by atoms with Gasteiger partial charge in [0, 0.05) is 22.8 Å². The lowest BCUT2D eigenvalue weighted by atomic mass is 10.2. The zero-order valence-electron chi connectivity index (χ0n) is 12.5. The number of thiophene rings is 1. The molecule has 3 aromatic rings. The van der Waals surface area contributed by atoms with Crippen molar-refractivity contribution in [1.82, 2.24) is 9.78 Å². The molecule has 136 valence electrons. The van der Waals surface area contributed by atoms with Crippen molar-refractivity contribution in [3.63, 3.8) is 0 Å². The lowest BCUT2D eigenvalue weighted by Gasteiger charge is -2.07. The van der Waals surface area contributed by atoms with Crippen molar-refractivity contribution in [2.24, 2.45) is 0 Å². The second kappa shape index (κ2) is 7.49. The van der Waals surface area contributed by atoms with Gasteiger partial charge in [-0.25, -0.2) is 17.6 Å². The van der Waals surface area contributed by atoms with E-state index >= 15 is 0 Å². The lowest BCUT2D eigenvalue weighted by Crippen LogP contribution is -2.12. The minimum atomic E-state index is -1.49. The van der Waals surface area contributed by atoms with E-state index in [9.17, 15) is 22.4 Å². The number of anilines is 1. The molecule has 26 heavy (non-hydrogen) atoms. The van der Waals surface area contributed by atoms with Crippen LogP contribution in [0.4, 0.5) is 23.4 Å². The summed E-state index contributed by atoms with van der Waals surface area (Å²) in [5.41, 5.74) is -0.797. The highest BCUT2D eigenvalue weighted by molar-refractivity contribution is 9.13. The first-order chi connectivity index (χ1) is 12.3. The van der Waals surface area contributed by atoms with E-state index < -0.39 is 41.3 Å².